The maximum absolute atomic E-state index is 12.5. The maximum Gasteiger partial charge on any atom is 0.278 e. The van der Waals surface area contributed by atoms with E-state index < -0.39 is 10.0 Å². The van der Waals surface area contributed by atoms with E-state index in [1.54, 1.807) is 14.2 Å². The molecule has 8 nitrogen and oxygen atoms in total. The Kier molecular flexibility index (Phi) is 6.86. The summed E-state index contributed by atoms with van der Waals surface area (Å²) in [5, 5.41) is 4.24. The van der Waals surface area contributed by atoms with Gasteiger partial charge >= 0.3 is 0 Å². The minimum atomic E-state index is -3.95. The van der Waals surface area contributed by atoms with Crippen LogP contribution in [0.4, 0.5) is 0 Å². The smallest absolute Gasteiger partial charge is 0.278 e. The largest absolute Gasteiger partial charge is 0.493 e. The minimum Gasteiger partial charge on any atom is -0.493 e. The molecule has 11 heteroatoms. The molecule has 3 rings (SSSR count). The molecule has 0 spiro atoms. The van der Waals surface area contributed by atoms with E-state index in [0.29, 0.717) is 18.0 Å². The van der Waals surface area contributed by atoms with E-state index in [-0.39, 0.29) is 26.9 Å². The number of hydrogen-bond donors (Lipinski definition) is 3. The number of hydrazine groups is 1. The third kappa shape index (κ3) is 4.93. The zero-order valence-electron chi connectivity index (χ0n) is 15.6. The van der Waals surface area contributed by atoms with Gasteiger partial charge in [0.15, 0.2) is 11.5 Å². The summed E-state index contributed by atoms with van der Waals surface area (Å²) >= 11 is 11.8. The first-order chi connectivity index (χ1) is 13.9. The lowest BCUT2D eigenvalue weighted by Crippen LogP contribution is -2.25. The Hall–Kier alpha value is -2.04. The number of hydrazone groups is 1. The lowest BCUT2D eigenvalue weighted by atomic mass is 9.95. The number of halogens is 2. The Bertz CT molecular complexity index is 1020. The second-order valence-electron chi connectivity index (χ2n) is 6.23. The summed E-state index contributed by atoms with van der Waals surface area (Å²) in [5.41, 5.74) is 7.14. The number of rotatable bonds is 7. The van der Waals surface area contributed by atoms with Gasteiger partial charge in [-0.05, 0) is 35.9 Å². The molecule has 1 saturated heterocycles. The zero-order chi connectivity index (χ0) is 21.0. The van der Waals surface area contributed by atoms with Gasteiger partial charge in [-0.1, -0.05) is 29.3 Å². The van der Waals surface area contributed by atoms with Crippen molar-refractivity contribution in [3.8, 4) is 11.5 Å². The van der Waals surface area contributed by atoms with Gasteiger partial charge in [-0.2, -0.15) is 13.5 Å². The monoisotopic (exact) mass is 458 g/mol. The van der Waals surface area contributed by atoms with E-state index in [9.17, 15) is 8.42 Å². The summed E-state index contributed by atoms with van der Waals surface area (Å²) in [6.45, 7) is 0.558. The number of methoxy groups -OCH3 is 2. The fourth-order valence-electron chi connectivity index (χ4n) is 2.96. The fraction of sp³-hybridized carbons (Fsp3) is 0.278. The molecule has 0 aliphatic carbocycles. The van der Waals surface area contributed by atoms with Gasteiger partial charge in [-0.25, -0.2) is 10.3 Å². The molecule has 0 saturated carbocycles. The van der Waals surface area contributed by atoms with Crippen molar-refractivity contribution in [2.75, 3.05) is 20.8 Å². The molecule has 2 aromatic rings. The number of ether oxygens (including phenoxy) is 2. The van der Waals surface area contributed by atoms with E-state index in [1.807, 2.05) is 18.2 Å². The van der Waals surface area contributed by atoms with E-state index in [2.05, 4.69) is 20.8 Å². The first kappa shape index (κ1) is 21.7. The van der Waals surface area contributed by atoms with Crippen molar-refractivity contribution in [2.24, 2.45) is 11.0 Å². The van der Waals surface area contributed by atoms with Gasteiger partial charge in [-0.3, -0.25) is 5.43 Å². The van der Waals surface area contributed by atoms with Gasteiger partial charge < -0.3 is 9.47 Å². The van der Waals surface area contributed by atoms with Crippen molar-refractivity contribution < 1.29 is 17.9 Å². The van der Waals surface area contributed by atoms with E-state index >= 15 is 0 Å². The molecule has 0 amide bonds. The average molecular weight is 459 g/mol. The highest BCUT2D eigenvalue weighted by Gasteiger charge is 2.28. The highest BCUT2D eigenvalue weighted by Crippen LogP contribution is 2.33. The van der Waals surface area contributed by atoms with Crippen molar-refractivity contribution in [1.29, 1.82) is 0 Å². The van der Waals surface area contributed by atoms with Crippen molar-refractivity contribution >= 4 is 39.4 Å². The van der Waals surface area contributed by atoms with E-state index in [1.165, 1.54) is 24.4 Å². The fourth-order valence-corrected chi connectivity index (χ4v) is 4.52. The van der Waals surface area contributed by atoms with Crippen LogP contribution in [0.15, 0.2) is 46.4 Å². The molecule has 1 aliphatic rings. The summed E-state index contributed by atoms with van der Waals surface area (Å²) in [7, 11) is -0.812. The lowest BCUT2D eigenvalue weighted by Gasteiger charge is -2.17. The van der Waals surface area contributed by atoms with Gasteiger partial charge in [0.05, 0.1) is 25.3 Å². The van der Waals surface area contributed by atoms with Crippen LogP contribution in [0.5, 0.6) is 11.5 Å². The van der Waals surface area contributed by atoms with Gasteiger partial charge in [0.25, 0.3) is 10.0 Å². The van der Waals surface area contributed by atoms with Crippen LogP contribution in [0.1, 0.15) is 11.6 Å². The lowest BCUT2D eigenvalue weighted by molar-refractivity contribution is 0.353. The standard InChI is InChI=1S/C18H20Cl2N4O4S/c1-27-15-6-3-11(7-16(15)28-2)18-12(9-21-23-18)10-22-24-29(25,26)17-8-13(19)4-5-14(17)20/h3-8,10,12,18,21,23-24H,9H2,1-2H3/b22-10-. The first-order valence-electron chi connectivity index (χ1n) is 8.56. The highest BCUT2D eigenvalue weighted by atomic mass is 35.5. The van der Waals surface area contributed by atoms with Crippen LogP contribution in [-0.4, -0.2) is 35.4 Å². The van der Waals surface area contributed by atoms with Crippen LogP contribution in [0.3, 0.4) is 0 Å². The van der Waals surface area contributed by atoms with Crippen LogP contribution in [0.2, 0.25) is 10.0 Å². The molecule has 1 aliphatic heterocycles. The van der Waals surface area contributed by atoms with Crippen LogP contribution < -0.4 is 25.2 Å². The quantitative estimate of drug-likeness (QED) is 0.435. The molecule has 0 bridgehead atoms. The molecule has 3 N–H and O–H groups in total. The van der Waals surface area contributed by atoms with Crippen molar-refractivity contribution in [3.05, 3.63) is 52.0 Å². The first-order valence-corrected chi connectivity index (χ1v) is 10.8. The Morgan fingerprint density at radius 3 is 2.62 bits per heavy atom. The Morgan fingerprint density at radius 2 is 1.90 bits per heavy atom. The second kappa shape index (κ2) is 9.19. The Morgan fingerprint density at radius 1 is 1.14 bits per heavy atom. The Labute approximate surface area is 179 Å². The van der Waals surface area contributed by atoms with Crippen molar-refractivity contribution in [1.82, 2.24) is 15.7 Å². The summed E-state index contributed by atoms with van der Waals surface area (Å²) in [4.78, 5) is 2.05. The van der Waals surface area contributed by atoms with E-state index in [0.717, 1.165) is 5.56 Å². The maximum atomic E-state index is 12.5. The number of benzene rings is 2. The molecular formula is C18H20Cl2N4O4S. The minimum absolute atomic E-state index is 0.0597. The third-order valence-electron chi connectivity index (χ3n) is 4.41. The summed E-state index contributed by atoms with van der Waals surface area (Å²) in [5.74, 6) is 1.11. The molecule has 29 heavy (non-hydrogen) atoms. The molecule has 0 radical (unpaired) electrons. The van der Waals surface area contributed by atoms with Crippen molar-refractivity contribution in [2.45, 2.75) is 10.9 Å². The Balaban J connectivity index is 1.75. The van der Waals surface area contributed by atoms with Crippen LogP contribution in [0, 0.1) is 5.92 Å². The molecular weight excluding hydrogens is 439 g/mol. The molecule has 0 aromatic heterocycles. The van der Waals surface area contributed by atoms with Gasteiger partial charge in [0, 0.05) is 23.7 Å². The predicted octanol–water partition coefficient (Wildman–Crippen LogP) is 2.74. The predicted molar refractivity (Wildman–Crippen MR) is 112 cm³/mol. The van der Waals surface area contributed by atoms with Gasteiger partial charge in [-0.15, -0.1) is 0 Å². The normalized spacial score (nSPS) is 19.4. The topological polar surface area (TPSA) is 101 Å². The molecule has 1 heterocycles. The number of nitrogens with zero attached hydrogens (tertiary/aromatic N) is 1. The van der Waals surface area contributed by atoms with Crippen LogP contribution in [-0.2, 0) is 10.0 Å². The number of hydrogen-bond acceptors (Lipinski definition) is 7. The SMILES string of the molecule is COc1ccc(C2NNCC2/C=N\NS(=O)(=O)c2cc(Cl)ccc2Cl)cc1OC. The molecule has 156 valence electrons. The second-order valence-corrected chi connectivity index (χ2v) is 8.70. The highest BCUT2D eigenvalue weighted by molar-refractivity contribution is 7.89. The summed E-state index contributed by atoms with van der Waals surface area (Å²) in [6, 6.07) is 9.63. The van der Waals surface area contributed by atoms with Crippen molar-refractivity contribution in [3.63, 3.8) is 0 Å². The molecule has 2 unspecified atom stereocenters. The number of sulfonamides is 1. The average Bonchev–Trinajstić information content (AvgIpc) is 3.17. The summed E-state index contributed by atoms with van der Waals surface area (Å²) < 4.78 is 35.5. The molecule has 2 atom stereocenters. The van der Waals surface area contributed by atoms with E-state index in [4.69, 9.17) is 32.7 Å². The van der Waals surface area contributed by atoms with Gasteiger partial charge in [0.2, 0.25) is 0 Å². The van der Waals surface area contributed by atoms with Gasteiger partial charge in [0.1, 0.15) is 4.90 Å². The molecule has 2 aromatic carbocycles. The zero-order valence-corrected chi connectivity index (χ0v) is 18.0. The molecule has 1 fully saturated rings. The van der Waals surface area contributed by atoms with Crippen LogP contribution >= 0.6 is 23.2 Å². The third-order valence-corrected chi connectivity index (χ3v) is 6.35. The summed E-state index contributed by atoms with van der Waals surface area (Å²) in [6.07, 6.45) is 1.53. The van der Waals surface area contributed by atoms with Crippen LogP contribution in [0.25, 0.3) is 0 Å². The number of nitrogens with one attached hydrogen (secondary N) is 3.